The third-order valence-corrected chi connectivity index (χ3v) is 7.19. The van der Waals surface area contributed by atoms with Gasteiger partial charge in [0, 0.05) is 32.7 Å². The zero-order valence-electron chi connectivity index (χ0n) is 15.1. The van der Waals surface area contributed by atoms with E-state index in [0.717, 1.165) is 29.7 Å². The minimum Gasteiger partial charge on any atom is -0.312 e. The molecule has 1 amide bonds. The Labute approximate surface area is 169 Å². The van der Waals surface area contributed by atoms with Gasteiger partial charge in [0.1, 0.15) is 0 Å². The van der Waals surface area contributed by atoms with Crippen LogP contribution in [-0.4, -0.2) is 32.2 Å². The van der Waals surface area contributed by atoms with Crippen LogP contribution in [0.2, 0.25) is 10.0 Å². The van der Waals surface area contributed by atoms with Crippen molar-refractivity contribution in [2.45, 2.75) is 31.2 Å². The summed E-state index contributed by atoms with van der Waals surface area (Å²) in [6.45, 7) is 2.35. The first-order valence-corrected chi connectivity index (χ1v) is 10.7. The molecule has 2 aromatic rings. The van der Waals surface area contributed by atoms with Crippen LogP contribution in [0.25, 0.3) is 0 Å². The van der Waals surface area contributed by atoms with Crippen LogP contribution >= 0.6 is 23.2 Å². The highest BCUT2D eigenvalue weighted by Gasteiger charge is 2.25. The van der Waals surface area contributed by atoms with Gasteiger partial charge in [0.05, 0.1) is 14.9 Å². The van der Waals surface area contributed by atoms with Gasteiger partial charge >= 0.3 is 0 Å². The van der Waals surface area contributed by atoms with Gasteiger partial charge in [0.15, 0.2) is 0 Å². The van der Waals surface area contributed by atoms with Crippen molar-refractivity contribution in [2.24, 2.45) is 0 Å². The Balaban J connectivity index is 1.88. The molecule has 2 aromatic carbocycles. The number of fused-ring (bicyclic) bond motifs is 1. The highest BCUT2D eigenvalue weighted by atomic mass is 35.5. The van der Waals surface area contributed by atoms with Crippen molar-refractivity contribution < 1.29 is 13.2 Å². The van der Waals surface area contributed by atoms with E-state index in [9.17, 15) is 13.2 Å². The van der Waals surface area contributed by atoms with Gasteiger partial charge in [-0.3, -0.25) is 4.79 Å². The average molecular weight is 427 g/mol. The third kappa shape index (κ3) is 4.14. The molecule has 1 heterocycles. The molecule has 0 fully saturated rings. The first-order chi connectivity index (χ1) is 12.7. The van der Waals surface area contributed by atoms with Crippen LogP contribution in [0.1, 0.15) is 24.5 Å². The summed E-state index contributed by atoms with van der Waals surface area (Å²) in [5, 5.41) is 0.814. The fourth-order valence-corrected chi connectivity index (χ4v) is 4.75. The summed E-state index contributed by atoms with van der Waals surface area (Å²) in [5.41, 5.74) is 2.41. The molecule has 0 aliphatic carbocycles. The number of benzene rings is 2. The summed E-state index contributed by atoms with van der Waals surface area (Å²) in [6.07, 6.45) is 1.56. The zero-order chi connectivity index (χ0) is 19.8. The van der Waals surface area contributed by atoms with Crippen LogP contribution in [0.3, 0.4) is 0 Å². The van der Waals surface area contributed by atoms with Gasteiger partial charge < -0.3 is 4.90 Å². The van der Waals surface area contributed by atoms with Gasteiger partial charge in [0.2, 0.25) is 15.9 Å². The number of halogens is 2. The Morgan fingerprint density at radius 2 is 1.89 bits per heavy atom. The van der Waals surface area contributed by atoms with Gasteiger partial charge in [-0.1, -0.05) is 29.3 Å². The Kier molecular flexibility index (Phi) is 5.82. The van der Waals surface area contributed by atoms with E-state index in [1.807, 2.05) is 0 Å². The Morgan fingerprint density at radius 1 is 1.15 bits per heavy atom. The van der Waals surface area contributed by atoms with Crippen molar-refractivity contribution in [1.29, 1.82) is 0 Å². The van der Waals surface area contributed by atoms with Crippen molar-refractivity contribution in [2.75, 3.05) is 18.5 Å². The van der Waals surface area contributed by atoms with Crippen LogP contribution in [0.5, 0.6) is 0 Å². The minimum atomic E-state index is -3.68. The lowest BCUT2D eigenvalue weighted by atomic mass is 10.0. The molecule has 27 heavy (non-hydrogen) atoms. The monoisotopic (exact) mass is 426 g/mol. The molecule has 3 rings (SSSR count). The molecule has 0 radical (unpaired) electrons. The molecule has 8 heteroatoms. The van der Waals surface area contributed by atoms with E-state index >= 15 is 0 Å². The predicted molar refractivity (Wildman–Crippen MR) is 108 cm³/mol. The molecule has 1 aliphatic heterocycles. The summed E-state index contributed by atoms with van der Waals surface area (Å²) < 4.78 is 27.2. The molecule has 0 bridgehead atoms. The van der Waals surface area contributed by atoms with E-state index in [0.29, 0.717) is 16.6 Å². The van der Waals surface area contributed by atoms with Crippen LogP contribution in [0.4, 0.5) is 5.69 Å². The number of sulfonamides is 1. The van der Waals surface area contributed by atoms with E-state index in [4.69, 9.17) is 23.2 Å². The molecule has 0 N–H and O–H groups in total. The zero-order valence-corrected chi connectivity index (χ0v) is 17.4. The lowest BCUT2D eigenvalue weighted by molar-refractivity contribution is -0.116. The van der Waals surface area contributed by atoms with Crippen LogP contribution in [0, 0.1) is 0 Å². The number of hydrogen-bond acceptors (Lipinski definition) is 3. The fourth-order valence-electron chi connectivity index (χ4n) is 3.22. The predicted octanol–water partition coefficient (Wildman–Crippen LogP) is 4.11. The maximum atomic E-state index is 13.0. The molecular formula is C19H20Cl2N2O3S. The topological polar surface area (TPSA) is 57.7 Å². The Hall–Kier alpha value is -1.60. The third-order valence-electron chi connectivity index (χ3n) is 4.65. The minimum absolute atomic E-state index is 0.0386. The second-order valence-electron chi connectivity index (χ2n) is 6.57. The van der Waals surface area contributed by atoms with E-state index in [1.54, 1.807) is 41.3 Å². The van der Waals surface area contributed by atoms with Gasteiger partial charge in [0.25, 0.3) is 0 Å². The molecule has 0 saturated carbocycles. The van der Waals surface area contributed by atoms with Crippen LogP contribution in [-0.2, 0) is 27.8 Å². The quantitative estimate of drug-likeness (QED) is 0.738. The fraction of sp³-hybridized carbons (Fsp3) is 0.316. The molecule has 1 aliphatic rings. The molecule has 0 saturated heterocycles. The van der Waals surface area contributed by atoms with Gasteiger partial charge in [-0.25, -0.2) is 8.42 Å². The Morgan fingerprint density at radius 3 is 2.56 bits per heavy atom. The number of anilines is 1. The number of carbonyl (C=O) groups excluding carboxylic acids is 1. The number of aryl methyl sites for hydroxylation is 1. The van der Waals surface area contributed by atoms with E-state index in [1.165, 1.54) is 18.3 Å². The van der Waals surface area contributed by atoms with Crippen molar-refractivity contribution >= 4 is 44.8 Å². The molecular weight excluding hydrogens is 407 g/mol. The number of nitrogens with zero attached hydrogens (tertiary/aromatic N) is 2. The second kappa shape index (κ2) is 7.80. The van der Waals surface area contributed by atoms with E-state index < -0.39 is 10.0 Å². The van der Waals surface area contributed by atoms with Crippen molar-refractivity contribution in [3.63, 3.8) is 0 Å². The normalized spacial score (nSPS) is 14.3. The summed E-state index contributed by atoms with van der Waals surface area (Å²) in [5.74, 6) is -0.0386. The largest absolute Gasteiger partial charge is 0.312 e. The molecule has 5 nitrogen and oxygen atoms in total. The lowest BCUT2D eigenvalue weighted by Crippen LogP contribution is -2.34. The molecule has 0 atom stereocenters. The molecule has 0 unspecified atom stereocenters. The second-order valence-corrected chi connectivity index (χ2v) is 9.43. The Bertz CT molecular complexity index is 992. The van der Waals surface area contributed by atoms with Gasteiger partial charge in [-0.15, -0.1) is 0 Å². The van der Waals surface area contributed by atoms with Gasteiger partial charge in [-0.2, -0.15) is 4.31 Å². The van der Waals surface area contributed by atoms with Crippen LogP contribution in [0.15, 0.2) is 41.3 Å². The molecule has 0 spiro atoms. The van der Waals surface area contributed by atoms with E-state index in [-0.39, 0.29) is 17.3 Å². The van der Waals surface area contributed by atoms with Gasteiger partial charge in [-0.05, 0) is 54.3 Å². The van der Waals surface area contributed by atoms with E-state index in [2.05, 4.69) is 0 Å². The summed E-state index contributed by atoms with van der Waals surface area (Å²) in [6, 6.07) is 10.0. The number of rotatable bonds is 4. The number of carbonyl (C=O) groups is 1. The maximum absolute atomic E-state index is 13.0. The standard InChI is InChI=1S/C19H20Cl2N2O3S/c1-13(24)23-9-3-4-15-11-16(6-8-19(15)23)27(25,26)22(2)12-14-5-7-17(20)18(21)10-14/h5-8,10-11H,3-4,9,12H2,1-2H3. The summed E-state index contributed by atoms with van der Waals surface area (Å²) in [4.78, 5) is 13.7. The number of hydrogen-bond donors (Lipinski definition) is 0. The maximum Gasteiger partial charge on any atom is 0.243 e. The van der Waals surface area contributed by atoms with Crippen molar-refractivity contribution in [1.82, 2.24) is 4.31 Å². The average Bonchev–Trinajstić information content (AvgIpc) is 2.63. The summed E-state index contributed by atoms with van der Waals surface area (Å²) in [7, 11) is -2.15. The molecule has 144 valence electrons. The highest BCUT2D eigenvalue weighted by Crippen LogP contribution is 2.31. The lowest BCUT2D eigenvalue weighted by Gasteiger charge is -2.29. The van der Waals surface area contributed by atoms with Crippen molar-refractivity contribution in [3.8, 4) is 0 Å². The first-order valence-electron chi connectivity index (χ1n) is 8.51. The first kappa shape index (κ1) is 20.1. The molecule has 0 aromatic heterocycles. The van der Waals surface area contributed by atoms with Crippen LogP contribution < -0.4 is 4.90 Å². The number of amides is 1. The van der Waals surface area contributed by atoms with Crippen molar-refractivity contribution in [3.05, 3.63) is 57.6 Å². The SMILES string of the molecule is CC(=O)N1CCCc2cc(S(=O)(=O)N(C)Cc3ccc(Cl)c(Cl)c3)ccc21. The smallest absolute Gasteiger partial charge is 0.243 e. The highest BCUT2D eigenvalue weighted by molar-refractivity contribution is 7.89. The summed E-state index contributed by atoms with van der Waals surface area (Å²) >= 11 is 11.9.